The highest BCUT2D eigenvalue weighted by atomic mass is 79.9. The number of hydrogen-bond donors (Lipinski definition) is 0. The van der Waals surface area contributed by atoms with Crippen LogP contribution in [0.3, 0.4) is 0 Å². The zero-order chi connectivity index (χ0) is 24.7. The Hall–Kier alpha value is -2.86. The first-order valence-corrected chi connectivity index (χ1v) is 12.9. The Bertz CT molecular complexity index is 1220. The summed E-state index contributed by atoms with van der Waals surface area (Å²) in [6.07, 6.45) is 3.95. The fourth-order valence-corrected chi connectivity index (χ4v) is 6.08. The molecule has 0 N–H and O–H groups in total. The minimum atomic E-state index is -0.437. The lowest BCUT2D eigenvalue weighted by molar-refractivity contribution is -0.117. The van der Waals surface area contributed by atoms with Crippen LogP contribution >= 0.6 is 15.9 Å². The summed E-state index contributed by atoms with van der Waals surface area (Å²) in [5.41, 5.74) is 5.54. The van der Waals surface area contributed by atoms with Crippen molar-refractivity contribution in [3.63, 3.8) is 0 Å². The minimum Gasteiger partial charge on any atom is -0.493 e. The van der Waals surface area contributed by atoms with Gasteiger partial charge < -0.3 is 14.2 Å². The molecule has 0 saturated carbocycles. The largest absolute Gasteiger partial charge is 0.493 e. The van der Waals surface area contributed by atoms with Crippen molar-refractivity contribution in [3.8, 4) is 11.5 Å². The first-order chi connectivity index (χ1) is 16.9. The summed E-state index contributed by atoms with van der Waals surface area (Å²) in [5, 5.41) is 0. The summed E-state index contributed by atoms with van der Waals surface area (Å²) < 4.78 is 18.8. The first kappa shape index (κ1) is 23.9. The Morgan fingerprint density at radius 1 is 0.886 bits per heavy atom. The zero-order valence-electron chi connectivity index (χ0n) is 20.3. The van der Waals surface area contributed by atoms with Crippen molar-refractivity contribution in [3.05, 3.63) is 79.7 Å². The molecule has 2 aromatic carbocycles. The SMILES string of the molecule is COc1cc(C2C3=C(CCCC3=O)OC3=C2C(=O)CCC3)cc(Br)c1OCc1cc(C)cc(C)c1. The molecule has 0 aromatic heterocycles. The molecule has 0 bridgehead atoms. The Kier molecular flexibility index (Phi) is 6.58. The highest BCUT2D eigenvalue weighted by molar-refractivity contribution is 9.10. The summed E-state index contributed by atoms with van der Waals surface area (Å²) in [5.74, 6) is 2.29. The Morgan fingerprint density at radius 3 is 2.06 bits per heavy atom. The summed E-state index contributed by atoms with van der Waals surface area (Å²) in [4.78, 5) is 26.1. The molecule has 2 aliphatic carbocycles. The van der Waals surface area contributed by atoms with Crippen LogP contribution in [-0.2, 0) is 20.9 Å². The molecule has 0 unspecified atom stereocenters. The van der Waals surface area contributed by atoms with E-state index in [1.807, 2.05) is 12.1 Å². The van der Waals surface area contributed by atoms with E-state index in [4.69, 9.17) is 14.2 Å². The molecule has 0 amide bonds. The van der Waals surface area contributed by atoms with Crippen LogP contribution in [-0.4, -0.2) is 18.7 Å². The molecule has 0 saturated heterocycles. The maximum Gasteiger partial charge on any atom is 0.175 e. The van der Waals surface area contributed by atoms with Crippen molar-refractivity contribution in [1.82, 2.24) is 0 Å². The van der Waals surface area contributed by atoms with Gasteiger partial charge in [-0.1, -0.05) is 29.3 Å². The van der Waals surface area contributed by atoms with Gasteiger partial charge in [0.1, 0.15) is 18.1 Å². The van der Waals surface area contributed by atoms with E-state index in [1.54, 1.807) is 7.11 Å². The van der Waals surface area contributed by atoms with Crippen LogP contribution in [0.4, 0.5) is 0 Å². The van der Waals surface area contributed by atoms with Gasteiger partial charge in [-0.15, -0.1) is 0 Å². The van der Waals surface area contributed by atoms with Gasteiger partial charge in [0.2, 0.25) is 0 Å². The smallest absolute Gasteiger partial charge is 0.175 e. The number of rotatable bonds is 5. The van der Waals surface area contributed by atoms with Crippen molar-refractivity contribution in [2.45, 2.75) is 64.9 Å². The second kappa shape index (κ2) is 9.65. The second-order valence-electron chi connectivity index (χ2n) is 9.58. The number of halogens is 1. The van der Waals surface area contributed by atoms with Crippen LogP contribution in [0.15, 0.2) is 57.5 Å². The number of hydrogen-bond acceptors (Lipinski definition) is 5. The van der Waals surface area contributed by atoms with E-state index < -0.39 is 5.92 Å². The minimum absolute atomic E-state index is 0.0615. The molecule has 5 nitrogen and oxygen atoms in total. The number of aryl methyl sites for hydroxylation is 2. The zero-order valence-corrected chi connectivity index (χ0v) is 21.9. The monoisotopic (exact) mass is 536 g/mol. The maximum absolute atomic E-state index is 13.1. The maximum atomic E-state index is 13.1. The van der Waals surface area contributed by atoms with E-state index in [9.17, 15) is 9.59 Å². The van der Waals surface area contributed by atoms with Gasteiger partial charge in [0.25, 0.3) is 0 Å². The lowest BCUT2D eigenvalue weighted by Gasteiger charge is -2.36. The van der Waals surface area contributed by atoms with Crippen LogP contribution in [0.1, 0.15) is 66.7 Å². The predicted octanol–water partition coefficient (Wildman–Crippen LogP) is 6.78. The predicted molar refractivity (Wildman–Crippen MR) is 137 cm³/mol. The molecule has 1 aliphatic heterocycles. The number of allylic oxidation sites excluding steroid dienone is 4. The molecule has 35 heavy (non-hydrogen) atoms. The standard InChI is InChI=1S/C29H29BrO5/c1-16-10-17(2)12-18(11-16)15-34-29-20(30)13-19(14-25(29)33-3)26-27-21(31)6-4-8-23(27)35-24-9-5-7-22(32)28(24)26/h10-14,26H,4-9,15H2,1-3H3. The van der Waals surface area contributed by atoms with Gasteiger partial charge in [-0.05, 0) is 65.9 Å². The van der Waals surface area contributed by atoms with Crippen LogP contribution < -0.4 is 9.47 Å². The van der Waals surface area contributed by atoms with Gasteiger partial charge in [-0.2, -0.15) is 0 Å². The van der Waals surface area contributed by atoms with E-state index in [0.29, 0.717) is 42.1 Å². The number of benzene rings is 2. The van der Waals surface area contributed by atoms with Crippen molar-refractivity contribution in [2.75, 3.05) is 7.11 Å². The van der Waals surface area contributed by atoms with Crippen LogP contribution in [0.5, 0.6) is 11.5 Å². The van der Waals surface area contributed by atoms with Gasteiger partial charge in [0, 0.05) is 42.7 Å². The molecule has 6 heteroatoms. The van der Waals surface area contributed by atoms with Gasteiger partial charge in [-0.25, -0.2) is 0 Å². The average Bonchev–Trinajstić information content (AvgIpc) is 2.81. The Labute approximate surface area is 214 Å². The number of ketones is 2. The second-order valence-corrected chi connectivity index (χ2v) is 10.4. The normalized spacial score (nSPS) is 18.3. The molecule has 0 spiro atoms. The van der Waals surface area contributed by atoms with E-state index in [2.05, 4.69) is 48.0 Å². The summed E-state index contributed by atoms with van der Waals surface area (Å²) in [6.45, 7) is 4.54. The molecule has 0 atom stereocenters. The molecular formula is C29H29BrO5. The first-order valence-electron chi connectivity index (χ1n) is 12.1. The Morgan fingerprint density at radius 2 is 1.49 bits per heavy atom. The van der Waals surface area contributed by atoms with Crippen molar-refractivity contribution in [2.24, 2.45) is 0 Å². The quantitative estimate of drug-likeness (QED) is 0.421. The van der Waals surface area contributed by atoms with Crippen LogP contribution in [0, 0.1) is 13.8 Å². The third-order valence-electron chi connectivity index (χ3n) is 6.89. The number of Topliss-reactive ketones (excluding diaryl/α,β-unsaturated/α-hetero) is 2. The van der Waals surface area contributed by atoms with E-state index in [-0.39, 0.29) is 11.6 Å². The Balaban J connectivity index is 1.55. The number of carbonyl (C=O) groups excluding carboxylic acids is 2. The lowest BCUT2D eigenvalue weighted by Crippen LogP contribution is -2.30. The highest BCUT2D eigenvalue weighted by Gasteiger charge is 2.42. The van der Waals surface area contributed by atoms with Crippen LogP contribution in [0.25, 0.3) is 0 Å². The highest BCUT2D eigenvalue weighted by Crippen LogP contribution is 2.50. The van der Waals surface area contributed by atoms with Crippen molar-refractivity contribution >= 4 is 27.5 Å². The van der Waals surface area contributed by atoms with E-state index in [0.717, 1.165) is 52.8 Å². The van der Waals surface area contributed by atoms with E-state index >= 15 is 0 Å². The van der Waals surface area contributed by atoms with Crippen LogP contribution in [0.2, 0.25) is 0 Å². The summed E-state index contributed by atoms with van der Waals surface area (Å²) in [7, 11) is 1.60. The third kappa shape index (κ3) is 4.56. The fraction of sp³-hybridized carbons (Fsp3) is 0.379. The lowest BCUT2D eigenvalue weighted by atomic mass is 9.73. The van der Waals surface area contributed by atoms with E-state index in [1.165, 1.54) is 11.1 Å². The molecule has 5 rings (SSSR count). The average molecular weight is 537 g/mol. The molecule has 3 aliphatic rings. The number of ether oxygens (including phenoxy) is 3. The summed E-state index contributed by atoms with van der Waals surface area (Å²) in [6, 6.07) is 10.2. The third-order valence-corrected chi connectivity index (χ3v) is 7.48. The van der Waals surface area contributed by atoms with Gasteiger partial charge in [-0.3, -0.25) is 9.59 Å². The van der Waals surface area contributed by atoms with Gasteiger partial charge in [0.05, 0.1) is 11.6 Å². The van der Waals surface area contributed by atoms with Crippen molar-refractivity contribution in [1.29, 1.82) is 0 Å². The number of carbonyl (C=O) groups is 2. The molecular weight excluding hydrogens is 508 g/mol. The fourth-order valence-electron chi connectivity index (χ4n) is 5.51. The molecule has 0 fully saturated rings. The van der Waals surface area contributed by atoms with Crippen molar-refractivity contribution < 1.29 is 23.8 Å². The molecule has 182 valence electrons. The number of methoxy groups -OCH3 is 1. The molecule has 0 radical (unpaired) electrons. The molecule has 1 heterocycles. The van der Waals surface area contributed by atoms with Gasteiger partial charge >= 0.3 is 0 Å². The summed E-state index contributed by atoms with van der Waals surface area (Å²) >= 11 is 3.68. The molecule has 2 aromatic rings. The topological polar surface area (TPSA) is 61.8 Å². The van der Waals surface area contributed by atoms with Gasteiger partial charge in [0.15, 0.2) is 23.1 Å².